The van der Waals surface area contributed by atoms with Crippen LogP contribution in [0.4, 0.5) is 0 Å². The van der Waals surface area contributed by atoms with Gasteiger partial charge in [-0.05, 0) is 91.7 Å². The highest BCUT2D eigenvalue weighted by Crippen LogP contribution is 2.26. The van der Waals surface area contributed by atoms with Gasteiger partial charge >= 0.3 is 0 Å². The Morgan fingerprint density at radius 2 is 1.06 bits per heavy atom. The van der Waals surface area contributed by atoms with Gasteiger partial charge in [0.05, 0.1) is 18.8 Å². The molecule has 0 N–H and O–H groups in total. The molecular weight excluding hydrogens is 613 g/mol. The van der Waals surface area contributed by atoms with Gasteiger partial charge < -0.3 is 8.83 Å². The third-order valence-electron chi connectivity index (χ3n) is 7.21. The van der Waals surface area contributed by atoms with Crippen molar-refractivity contribution in [1.82, 2.24) is 0 Å². The Labute approximate surface area is 296 Å². The van der Waals surface area contributed by atoms with Crippen LogP contribution in [0.15, 0.2) is 104 Å². The SMILES string of the molecule is CC(C)(C)c1ccco1.CC(C)(C)c1cccs1.CC(C)(C)c1ccoc1.CC(C)(C)c1ccsc1.Cc1ccc(C(C)(C)C)cc1. The van der Waals surface area contributed by atoms with Gasteiger partial charge in [-0.1, -0.05) is 140 Å². The summed E-state index contributed by atoms with van der Waals surface area (Å²) in [4.78, 5) is 1.46. The Hall–Kier alpha value is -2.82. The number of thiophene rings is 2. The van der Waals surface area contributed by atoms with Crippen LogP contribution < -0.4 is 0 Å². The van der Waals surface area contributed by atoms with Crippen LogP contribution in [0.1, 0.15) is 137 Å². The van der Waals surface area contributed by atoms with E-state index >= 15 is 0 Å². The van der Waals surface area contributed by atoms with E-state index in [0.717, 1.165) is 5.76 Å². The summed E-state index contributed by atoms with van der Waals surface area (Å²) >= 11 is 3.60. The molecule has 4 heteroatoms. The normalized spacial score (nSPS) is 11.8. The maximum Gasteiger partial charge on any atom is 0.109 e. The third kappa shape index (κ3) is 17.2. The summed E-state index contributed by atoms with van der Waals surface area (Å²) in [6, 6.07) is 21.1. The molecule has 0 saturated carbocycles. The maximum atomic E-state index is 5.20. The highest BCUT2D eigenvalue weighted by molar-refractivity contribution is 7.10. The maximum absolute atomic E-state index is 5.20. The molecule has 0 spiro atoms. The molecule has 0 fully saturated rings. The highest BCUT2D eigenvalue weighted by atomic mass is 32.1. The van der Waals surface area contributed by atoms with Crippen LogP contribution in [0, 0.1) is 6.92 Å². The predicted molar refractivity (Wildman–Crippen MR) is 211 cm³/mol. The molecule has 0 unspecified atom stereocenters. The van der Waals surface area contributed by atoms with E-state index in [1.165, 1.54) is 27.1 Å². The van der Waals surface area contributed by atoms with E-state index in [9.17, 15) is 0 Å². The van der Waals surface area contributed by atoms with E-state index in [1.54, 1.807) is 30.1 Å². The van der Waals surface area contributed by atoms with Crippen molar-refractivity contribution in [2.24, 2.45) is 0 Å². The Morgan fingerprint density at radius 1 is 0.489 bits per heavy atom. The van der Waals surface area contributed by atoms with Crippen LogP contribution in [-0.4, -0.2) is 0 Å². The molecule has 0 radical (unpaired) electrons. The fourth-order valence-corrected chi connectivity index (χ4v) is 5.54. The number of hydrogen-bond donors (Lipinski definition) is 0. The van der Waals surface area contributed by atoms with Gasteiger partial charge in [0.2, 0.25) is 0 Å². The molecule has 0 aliphatic carbocycles. The molecule has 0 aliphatic rings. The summed E-state index contributed by atoms with van der Waals surface area (Å²) in [6.07, 6.45) is 5.21. The first-order valence-corrected chi connectivity index (χ1v) is 18.4. The van der Waals surface area contributed by atoms with E-state index in [1.807, 2.05) is 29.5 Å². The van der Waals surface area contributed by atoms with E-state index in [4.69, 9.17) is 8.83 Å². The van der Waals surface area contributed by atoms with Crippen molar-refractivity contribution in [1.29, 1.82) is 0 Å². The van der Waals surface area contributed by atoms with Crippen molar-refractivity contribution in [2.75, 3.05) is 0 Å². The van der Waals surface area contributed by atoms with Crippen LogP contribution in [0.25, 0.3) is 0 Å². The lowest BCUT2D eigenvalue weighted by molar-refractivity contribution is 0.409. The second-order valence-corrected chi connectivity index (χ2v) is 18.8. The third-order valence-corrected chi connectivity index (χ3v) is 9.19. The zero-order valence-electron chi connectivity index (χ0n) is 32.4. The van der Waals surface area contributed by atoms with Gasteiger partial charge in [0.15, 0.2) is 0 Å². The van der Waals surface area contributed by atoms with Gasteiger partial charge in [-0.2, -0.15) is 11.3 Å². The molecule has 2 nitrogen and oxygen atoms in total. The zero-order chi connectivity index (χ0) is 36.1. The molecule has 5 rings (SSSR count). The standard InChI is InChI=1S/C11H16.2C8H12O.2C8H12S/c1-9-5-7-10(8-6-9)11(2,3)4;1-8(2,3)7-4-5-9-6-7;1-8(2,3)7-5-4-6-9-7;1-8(2,3)7-4-5-9-6-7;1-8(2,3)7-5-4-6-9-7/h5-8H,1-4H3;4*4-6H,1-3H3. The lowest BCUT2D eigenvalue weighted by atomic mass is 9.87. The van der Waals surface area contributed by atoms with Gasteiger partial charge in [-0.15, -0.1) is 11.3 Å². The molecule has 260 valence electrons. The number of rotatable bonds is 0. The quantitative estimate of drug-likeness (QED) is 0.163. The van der Waals surface area contributed by atoms with Gasteiger partial charge in [-0.3, -0.25) is 0 Å². The van der Waals surface area contributed by atoms with Crippen molar-refractivity contribution >= 4 is 22.7 Å². The molecule has 0 aliphatic heterocycles. The predicted octanol–water partition coefficient (Wildman–Crippen LogP) is 14.5. The Bertz CT molecular complexity index is 1260. The molecule has 5 aromatic rings. The minimum Gasteiger partial charge on any atom is -0.472 e. The first kappa shape index (κ1) is 42.2. The Morgan fingerprint density at radius 3 is 1.32 bits per heavy atom. The number of hydrogen-bond acceptors (Lipinski definition) is 4. The minimum absolute atomic E-state index is 0.156. The Kier molecular flexibility index (Phi) is 16.2. The lowest BCUT2D eigenvalue weighted by Crippen LogP contribution is -2.10. The van der Waals surface area contributed by atoms with Gasteiger partial charge in [-0.25, -0.2) is 0 Å². The topological polar surface area (TPSA) is 26.3 Å². The minimum atomic E-state index is 0.156. The van der Waals surface area contributed by atoms with Crippen LogP contribution in [-0.2, 0) is 27.1 Å². The van der Waals surface area contributed by atoms with E-state index in [-0.39, 0.29) is 16.2 Å². The summed E-state index contributed by atoms with van der Waals surface area (Å²) < 4.78 is 10.1. The van der Waals surface area contributed by atoms with E-state index < -0.39 is 0 Å². The van der Waals surface area contributed by atoms with Crippen LogP contribution in [0.3, 0.4) is 0 Å². The molecule has 47 heavy (non-hydrogen) atoms. The molecular formula is C43H64O2S2. The summed E-state index contributed by atoms with van der Waals surface area (Å²) in [5.74, 6) is 1.04. The van der Waals surface area contributed by atoms with Gasteiger partial charge in [0.25, 0.3) is 0 Å². The van der Waals surface area contributed by atoms with Crippen molar-refractivity contribution < 1.29 is 8.83 Å². The summed E-state index contributed by atoms with van der Waals surface area (Å²) in [5.41, 5.74) is 6.77. The molecule has 4 aromatic heterocycles. The van der Waals surface area contributed by atoms with Gasteiger partial charge in [0, 0.05) is 10.3 Å². The van der Waals surface area contributed by atoms with Crippen LogP contribution in [0.2, 0.25) is 0 Å². The van der Waals surface area contributed by atoms with Crippen molar-refractivity contribution in [3.8, 4) is 0 Å². The average molecular weight is 677 g/mol. The zero-order valence-corrected chi connectivity index (χ0v) is 34.0. The fourth-order valence-electron chi connectivity index (χ4n) is 3.85. The van der Waals surface area contributed by atoms with Crippen molar-refractivity contribution in [3.05, 3.63) is 128 Å². The van der Waals surface area contributed by atoms with Crippen LogP contribution in [0.5, 0.6) is 0 Å². The van der Waals surface area contributed by atoms with Gasteiger partial charge in [0.1, 0.15) is 5.76 Å². The van der Waals surface area contributed by atoms with Crippen LogP contribution >= 0.6 is 22.7 Å². The second kappa shape index (κ2) is 18.1. The Balaban J connectivity index is 0.000000294. The number of benzene rings is 1. The molecule has 0 saturated heterocycles. The summed E-state index contributed by atoms with van der Waals surface area (Å²) in [5, 5.41) is 6.46. The number of furan rings is 2. The monoisotopic (exact) mass is 676 g/mol. The highest BCUT2D eigenvalue weighted by Gasteiger charge is 2.16. The molecule has 1 aromatic carbocycles. The van der Waals surface area contributed by atoms with Crippen molar-refractivity contribution in [2.45, 2.75) is 138 Å². The first-order valence-electron chi connectivity index (χ1n) is 16.6. The molecule has 4 heterocycles. The largest absolute Gasteiger partial charge is 0.472 e. The van der Waals surface area contributed by atoms with Crippen molar-refractivity contribution in [3.63, 3.8) is 0 Å². The summed E-state index contributed by atoms with van der Waals surface area (Å²) in [7, 11) is 0. The fraction of sp³-hybridized carbons (Fsp3) is 0.488. The average Bonchev–Trinajstić information content (AvgIpc) is 3.77. The lowest BCUT2D eigenvalue weighted by Gasteiger charge is -2.18. The smallest absolute Gasteiger partial charge is 0.109 e. The molecule has 0 atom stereocenters. The molecule has 0 bridgehead atoms. The number of aryl methyl sites for hydroxylation is 1. The molecule has 0 amide bonds. The van der Waals surface area contributed by atoms with E-state index in [2.05, 4.69) is 169 Å². The summed E-state index contributed by atoms with van der Waals surface area (Å²) in [6.45, 7) is 35.1. The van der Waals surface area contributed by atoms with E-state index in [0.29, 0.717) is 10.8 Å². The second-order valence-electron chi connectivity index (χ2n) is 17.1. The first-order chi connectivity index (χ1) is 21.4.